The highest BCUT2D eigenvalue weighted by Crippen LogP contribution is 2.26. The maximum atomic E-state index is 11.9. The van der Waals surface area contributed by atoms with E-state index in [9.17, 15) is 9.90 Å². The van der Waals surface area contributed by atoms with Gasteiger partial charge in [-0.1, -0.05) is 37.6 Å². The standard InChI is InChI=1S/C16H24O2/c1-12-6-5-7-13(2)14(17)10-11-16(3,4)15(18)9-8-12/h7-8,10-11,15,18H,5-6,9H2,1-4H3/b11-10+,12-8+,13-7+/t15-/m1/s1. The van der Waals surface area contributed by atoms with E-state index in [1.165, 1.54) is 5.57 Å². The summed E-state index contributed by atoms with van der Waals surface area (Å²) in [7, 11) is 0. The second kappa shape index (κ2) is 6.14. The van der Waals surface area contributed by atoms with Gasteiger partial charge in [-0.05, 0) is 44.8 Å². The van der Waals surface area contributed by atoms with Crippen LogP contribution < -0.4 is 0 Å². The van der Waals surface area contributed by atoms with Gasteiger partial charge in [0.1, 0.15) is 0 Å². The molecule has 0 aromatic heterocycles. The lowest BCUT2D eigenvalue weighted by Gasteiger charge is -2.26. The Labute approximate surface area is 110 Å². The molecule has 0 aromatic rings. The van der Waals surface area contributed by atoms with Gasteiger partial charge in [0.25, 0.3) is 0 Å². The fourth-order valence-corrected chi connectivity index (χ4v) is 1.87. The van der Waals surface area contributed by atoms with Gasteiger partial charge in [0.2, 0.25) is 0 Å². The van der Waals surface area contributed by atoms with Crippen LogP contribution in [-0.2, 0) is 4.79 Å². The number of allylic oxidation sites excluding steroid dienone is 4. The normalized spacial score (nSPS) is 33.4. The number of hydrogen-bond acceptors (Lipinski definition) is 2. The van der Waals surface area contributed by atoms with Gasteiger partial charge in [0.15, 0.2) is 5.78 Å². The molecule has 1 rings (SSSR count). The van der Waals surface area contributed by atoms with E-state index in [0.29, 0.717) is 6.42 Å². The first-order chi connectivity index (χ1) is 8.33. The topological polar surface area (TPSA) is 37.3 Å². The first-order valence-corrected chi connectivity index (χ1v) is 6.57. The molecule has 0 radical (unpaired) electrons. The first kappa shape index (κ1) is 14.9. The highest BCUT2D eigenvalue weighted by molar-refractivity contribution is 6.03. The zero-order valence-corrected chi connectivity index (χ0v) is 11.9. The molecular formula is C16H24O2. The molecule has 18 heavy (non-hydrogen) atoms. The highest BCUT2D eigenvalue weighted by atomic mass is 16.3. The molecule has 0 aromatic carbocycles. The van der Waals surface area contributed by atoms with Crippen molar-refractivity contribution >= 4 is 5.78 Å². The smallest absolute Gasteiger partial charge is 0.180 e. The molecule has 2 nitrogen and oxygen atoms in total. The molecule has 0 bridgehead atoms. The minimum absolute atomic E-state index is 0.0393. The number of hydrogen-bond donors (Lipinski definition) is 1. The molecule has 0 amide bonds. The van der Waals surface area contributed by atoms with Crippen LogP contribution in [0.1, 0.15) is 47.0 Å². The van der Waals surface area contributed by atoms with Gasteiger partial charge in [-0.2, -0.15) is 0 Å². The number of carbonyl (C=O) groups excluding carboxylic acids is 1. The Hall–Kier alpha value is -1.15. The van der Waals surface area contributed by atoms with Gasteiger partial charge in [0, 0.05) is 5.41 Å². The zero-order chi connectivity index (χ0) is 13.8. The number of aliphatic hydroxyl groups excluding tert-OH is 1. The van der Waals surface area contributed by atoms with Crippen LogP contribution in [0.15, 0.2) is 35.5 Å². The van der Waals surface area contributed by atoms with Gasteiger partial charge >= 0.3 is 0 Å². The molecule has 0 aliphatic heterocycles. The molecule has 0 spiro atoms. The van der Waals surface area contributed by atoms with Gasteiger partial charge < -0.3 is 5.11 Å². The molecule has 0 fully saturated rings. The molecule has 1 aliphatic rings. The number of aliphatic hydroxyl groups is 1. The molecule has 0 saturated carbocycles. The van der Waals surface area contributed by atoms with Crippen LogP contribution in [0.5, 0.6) is 0 Å². The molecule has 1 N–H and O–H groups in total. The average Bonchev–Trinajstić information content (AvgIpc) is 2.31. The van der Waals surface area contributed by atoms with Gasteiger partial charge in [0.05, 0.1) is 6.10 Å². The monoisotopic (exact) mass is 248 g/mol. The summed E-state index contributed by atoms with van der Waals surface area (Å²) < 4.78 is 0. The number of ketones is 1. The molecule has 1 aliphatic carbocycles. The van der Waals surface area contributed by atoms with E-state index in [0.717, 1.165) is 18.4 Å². The number of rotatable bonds is 0. The van der Waals surface area contributed by atoms with Crippen molar-refractivity contribution in [2.75, 3.05) is 0 Å². The van der Waals surface area contributed by atoms with Crippen molar-refractivity contribution in [1.29, 1.82) is 0 Å². The van der Waals surface area contributed by atoms with Crippen molar-refractivity contribution in [3.05, 3.63) is 35.5 Å². The van der Waals surface area contributed by atoms with Crippen LogP contribution in [0.2, 0.25) is 0 Å². The van der Waals surface area contributed by atoms with Crippen LogP contribution in [0.25, 0.3) is 0 Å². The largest absolute Gasteiger partial charge is 0.392 e. The van der Waals surface area contributed by atoms with E-state index >= 15 is 0 Å². The Kier molecular flexibility index (Phi) is 5.09. The summed E-state index contributed by atoms with van der Waals surface area (Å²) in [6, 6.07) is 0. The molecule has 0 saturated heterocycles. The minimum Gasteiger partial charge on any atom is -0.392 e. The lowest BCUT2D eigenvalue weighted by molar-refractivity contribution is -0.111. The van der Waals surface area contributed by atoms with E-state index in [-0.39, 0.29) is 11.2 Å². The van der Waals surface area contributed by atoms with E-state index in [1.807, 2.05) is 32.9 Å². The Morgan fingerprint density at radius 3 is 2.61 bits per heavy atom. The predicted octanol–water partition coefficient (Wildman–Crippen LogP) is 3.58. The van der Waals surface area contributed by atoms with Gasteiger partial charge in [-0.15, -0.1) is 0 Å². The van der Waals surface area contributed by atoms with E-state index in [4.69, 9.17) is 0 Å². The Morgan fingerprint density at radius 1 is 1.28 bits per heavy atom. The summed E-state index contributed by atoms with van der Waals surface area (Å²) in [5, 5.41) is 10.2. The molecule has 1 atom stereocenters. The van der Waals surface area contributed by atoms with Crippen molar-refractivity contribution in [3.8, 4) is 0 Å². The third-order valence-electron chi connectivity index (χ3n) is 3.59. The highest BCUT2D eigenvalue weighted by Gasteiger charge is 2.24. The fourth-order valence-electron chi connectivity index (χ4n) is 1.87. The van der Waals surface area contributed by atoms with E-state index < -0.39 is 6.10 Å². The van der Waals surface area contributed by atoms with Gasteiger partial charge in [-0.3, -0.25) is 4.79 Å². The third kappa shape index (κ3) is 4.26. The number of carbonyl (C=O) groups is 1. The molecule has 0 heterocycles. The molecule has 2 heteroatoms. The second-order valence-corrected chi connectivity index (χ2v) is 5.75. The van der Waals surface area contributed by atoms with Crippen LogP contribution in [0, 0.1) is 5.41 Å². The SMILES string of the molecule is C/C1=C\C[C@@H](O)C(C)(C)/C=C/C(=O)/C(C)=C/CC1. The van der Waals surface area contributed by atoms with Crippen molar-refractivity contribution < 1.29 is 9.90 Å². The Balaban J connectivity index is 3.01. The van der Waals surface area contributed by atoms with Crippen molar-refractivity contribution in [1.82, 2.24) is 0 Å². The van der Waals surface area contributed by atoms with Crippen molar-refractivity contribution in [3.63, 3.8) is 0 Å². The fraction of sp³-hybridized carbons (Fsp3) is 0.562. The van der Waals surface area contributed by atoms with E-state index in [2.05, 4.69) is 13.0 Å². The van der Waals surface area contributed by atoms with Crippen molar-refractivity contribution in [2.24, 2.45) is 5.41 Å². The summed E-state index contributed by atoms with van der Waals surface area (Å²) in [5.41, 5.74) is 1.67. The molecular weight excluding hydrogens is 224 g/mol. The third-order valence-corrected chi connectivity index (χ3v) is 3.59. The second-order valence-electron chi connectivity index (χ2n) is 5.75. The lowest BCUT2D eigenvalue weighted by Crippen LogP contribution is -2.27. The summed E-state index contributed by atoms with van der Waals surface area (Å²) in [6.45, 7) is 7.83. The maximum absolute atomic E-state index is 11.9. The van der Waals surface area contributed by atoms with Crippen molar-refractivity contribution in [2.45, 2.75) is 53.1 Å². The van der Waals surface area contributed by atoms with Crippen LogP contribution in [0.3, 0.4) is 0 Å². The van der Waals surface area contributed by atoms with Crippen LogP contribution in [-0.4, -0.2) is 17.0 Å². The van der Waals surface area contributed by atoms with E-state index in [1.54, 1.807) is 6.08 Å². The van der Waals surface area contributed by atoms with Crippen LogP contribution in [0.4, 0.5) is 0 Å². The summed E-state index contributed by atoms with van der Waals surface area (Å²) in [5.74, 6) is 0.0393. The summed E-state index contributed by atoms with van der Waals surface area (Å²) in [4.78, 5) is 11.9. The lowest BCUT2D eigenvalue weighted by atomic mass is 9.83. The average molecular weight is 248 g/mol. The molecule has 0 unspecified atom stereocenters. The maximum Gasteiger partial charge on any atom is 0.180 e. The first-order valence-electron chi connectivity index (χ1n) is 6.57. The predicted molar refractivity (Wildman–Crippen MR) is 75.3 cm³/mol. The summed E-state index contributed by atoms with van der Waals surface area (Å²) in [6.07, 6.45) is 9.52. The minimum atomic E-state index is -0.458. The molecule has 100 valence electrons. The Bertz CT molecular complexity index is 397. The zero-order valence-electron chi connectivity index (χ0n) is 11.9. The Morgan fingerprint density at radius 2 is 1.94 bits per heavy atom. The van der Waals surface area contributed by atoms with Crippen LogP contribution >= 0.6 is 0 Å². The summed E-state index contributed by atoms with van der Waals surface area (Å²) >= 11 is 0. The van der Waals surface area contributed by atoms with Gasteiger partial charge in [-0.25, -0.2) is 0 Å². The quantitative estimate of drug-likeness (QED) is 0.665.